The summed E-state index contributed by atoms with van der Waals surface area (Å²) in [6.45, 7) is 7.62. The Bertz CT molecular complexity index is 1330. The molecule has 1 heterocycles. The van der Waals surface area contributed by atoms with Gasteiger partial charge in [-0.3, -0.25) is 9.59 Å². The van der Waals surface area contributed by atoms with Gasteiger partial charge in [-0.15, -0.1) is 11.3 Å². The van der Waals surface area contributed by atoms with E-state index in [0.717, 1.165) is 36.4 Å². The summed E-state index contributed by atoms with van der Waals surface area (Å²) >= 11 is 1.38. The Balaban J connectivity index is 1.47. The molecule has 1 aromatic carbocycles. The number of anilines is 1. The highest BCUT2D eigenvalue weighted by atomic mass is 32.2. The van der Waals surface area contributed by atoms with Crippen LogP contribution in [0.25, 0.3) is 0 Å². The van der Waals surface area contributed by atoms with Crippen LogP contribution in [0.5, 0.6) is 0 Å². The first kappa shape index (κ1) is 30.6. The van der Waals surface area contributed by atoms with E-state index in [-0.39, 0.29) is 39.9 Å². The second-order valence-electron chi connectivity index (χ2n) is 12.1. The summed E-state index contributed by atoms with van der Waals surface area (Å²) in [5.74, 6) is -1.82. The molecule has 6 atom stereocenters. The molecule has 2 aromatic rings. The maximum atomic E-state index is 13.2. The van der Waals surface area contributed by atoms with Crippen molar-refractivity contribution in [1.29, 1.82) is 0 Å². The zero-order valence-electron chi connectivity index (χ0n) is 24.3. The monoisotopic (exact) mass is 590 g/mol. The standard InChI is InChI=1S/C29H42N4O5S2/c1-18(27(36)33(6)15-14-32(4)5)21-12-13-29(3)16-22-25(19(2)24(29)26(21)35)31-28(39-22)30-23(34)17-40(37,38)20-10-8-7-9-11-20/h7-11,18-19,21,24,26,35H,12-17H2,1-6H3,(H,30,31,34). The molecule has 4 rings (SSSR count). The van der Waals surface area contributed by atoms with Crippen LogP contribution in [-0.4, -0.2) is 86.2 Å². The van der Waals surface area contributed by atoms with Crippen LogP contribution in [0, 0.1) is 23.2 Å². The van der Waals surface area contributed by atoms with Crippen molar-refractivity contribution >= 4 is 38.1 Å². The summed E-state index contributed by atoms with van der Waals surface area (Å²) in [7, 11) is 2.02. The molecule has 0 saturated heterocycles. The number of nitrogens with zero attached hydrogens (tertiary/aromatic N) is 3. The van der Waals surface area contributed by atoms with E-state index in [1.165, 1.54) is 23.5 Å². The number of rotatable bonds is 9. The normalized spacial score (nSPS) is 27.0. The second kappa shape index (κ2) is 11.9. The molecule has 11 heteroatoms. The first-order valence-electron chi connectivity index (χ1n) is 13.9. The smallest absolute Gasteiger partial charge is 0.241 e. The maximum absolute atomic E-state index is 13.2. The number of benzene rings is 1. The third-order valence-corrected chi connectivity index (χ3v) is 11.5. The summed E-state index contributed by atoms with van der Waals surface area (Å²) in [6.07, 6.45) is 1.72. The number of nitrogens with one attached hydrogen (secondary N) is 1. The van der Waals surface area contributed by atoms with Crippen molar-refractivity contribution < 1.29 is 23.1 Å². The molecule has 9 nitrogen and oxygen atoms in total. The topological polar surface area (TPSA) is 120 Å². The number of aliphatic hydroxyl groups excluding tert-OH is 1. The predicted molar refractivity (Wildman–Crippen MR) is 157 cm³/mol. The quantitative estimate of drug-likeness (QED) is 0.460. The summed E-state index contributed by atoms with van der Waals surface area (Å²) < 4.78 is 25.3. The third kappa shape index (κ3) is 6.27. The van der Waals surface area contributed by atoms with Gasteiger partial charge in [0.15, 0.2) is 15.0 Å². The Morgan fingerprint density at radius 3 is 2.52 bits per heavy atom. The highest BCUT2D eigenvalue weighted by Gasteiger charge is 2.54. The lowest BCUT2D eigenvalue weighted by Crippen LogP contribution is -2.53. The number of thiazole rings is 1. The van der Waals surface area contributed by atoms with Crippen LogP contribution in [0.15, 0.2) is 35.2 Å². The van der Waals surface area contributed by atoms with Gasteiger partial charge in [0.25, 0.3) is 0 Å². The molecule has 1 aromatic heterocycles. The molecule has 2 N–H and O–H groups in total. The summed E-state index contributed by atoms with van der Waals surface area (Å²) in [5, 5.41) is 14.8. The van der Waals surface area contributed by atoms with Crippen molar-refractivity contribution in [3.8, 4) is 0 Å². The average Bonchev–Trinajstić information content (AvgIpc) is 3.28. The molecule has 6 unspecified atom stereocenters. The molecule has 1 fully saturated rings. The Morgan fingerprint density at radius 2 is 1.88 bits per heavy atom. The van der Waals surface area contributed by atoms with Crippen LogP contribution in [-0.2, 0) is 25.8 Å². The fourth-order valence-electron chi connectivity index (χ4n) is 6.63. The van der Waals surface area contributed by atoms with Gasteiger partial charge in [-0.1, -0.05) is 39.0 Å². The van der Waals surface area contributed by atoms with Gasteiger partial charge in [-0.05, 0) is 62.7 Å². The lowest BCUT2D eigenvalue weighted by atomic mass is 9.53. The zero-order chi connectivity index (χ0) is 29.4. The number of hydrogen-bond acceptors (Lipinski definition) is 8. The van der Waals surface area contributed by atoms with Crippen molar-refractivity contribution in [2.24, 2.45) is 23.2 Å². The van der Waals surface area contributed by atoms with Crippen LogP contribution in [0.1, 0.15) is 50.1 Å². The third-order valence-electron chi connectivity index (χ3n) is 8.88. The number of aliphatic hydroxyl groups is 1. The Morgan fingerprint density at radius 1 is 1.20 bits per heavy atom. The molecule has 0 aliphatic heterocycles. The number of sulfone groups is 1. The van der Waals surface area contributed by atoms with E-state index in [1.807, 2.05) is 33.0 Å². The molecule has 0 bridgehead atoms. The van der Waals surface area contributed by atoms with Crippen LogP contribution in [0.2, 0.25) is 0 Å². The minimum absolute atomic E-state index is 0.0581. The molecule has 220 valence electrons. The van der Waals surface area contributed by atoms with Gasteiger partial charge in [0.1, 0.15) is 5.75 Å². The van der Waals surface area contributed by atoms with E-state index in [0.29, 0.717) is 11.7 Å². The molecule has 1 saturated carbocycles. The number of carbonyl (C=O) groups is 2. The molecular formula is C29H42N4O5S2. The van der Waals surface area contributed by atoms with E-state index in [2.05, 4.69) is 19.2 Å². The zero-order valence-corrected chi connectivity index (χ0v) is 25.9. The van der Waals surface area contributed by atoms with E-state index >= 15 is 0 Å². The van der Waals surface area contributed by atoms with E-state index in [9.17, 15) is 23.1 Å². The Kier molecular flexibility index (Phi) is 9.09. The fraction of sp³-hybridized carbons (Fsp3) is 0.621. The second-order valence-corrected chi connectivity index (χ2v) is 15.2. The summed E-state index contributed by atoms with van der Waals surface area (Å²) in [4.78, 5) is 35.6. The highest BCUT2D eigenvalue weighted by Crippen LogP contribution is 2.57. The van der Waals surface area contributed by atoms with Crippen LogP contribution in [0.4, 0.5) is 5.13 Å². The van der Waals surface area contributed by atoms with Gasteiger partial charge < -0.3 is 20.2 Å². The van der Waals surface area contributed by atoms with Gasteiger partial charge in [-0.25, -0.2) is 13.4 Å². The average molecular weight is 591 g/mol. The van der Waals surface area contributed by atoms with Crippen molar-refractivity contribution in [3.05, 3.63) is 40.9 Å². The van der Waals surface area contributed by atoms with Gasteiger partial charge in [0, 0.05) is 36.9 Å². The van der Waals surface area contributed by atoms with Crippen LogP contribution >= 0.6 is 11.3 Å². The van der Waals surface area contributed by atoms with Gasteiger partial charge >= 0.3 is 0 Å². The predicted octanol–water partition coefficient (Wildman–Crippen LogP) is 3.26. The van der Waals surface area contributed by atoms with Gasteiger partial charge in [0.05, 0.1) is 16.7 Å². The molecule has 2 amide bonds. The molecule has 2 aliphatic carbocycles. The van der Waals surface area contributed by atoms with E-state index in [1.54, 1.807) is 23.1 Å². The Labute approximate surface area is 241 Å². The minimum atomic E-state index is -3.76. The lowest BCUT2D eigenvalue weighted by molar-refractivity contribution is -0.143. The first-order chi connectivity index (χ1) is 18.7. The van der Waals surface area contributed by atoms with Crippen molar-refractivity contribution in [3.63, 3.8) is 0 Å². The first-order valence-corrected chi connectivity index (χ1v) is 16.4. The summed E-state index contributed by atoms with van der Waals surface area (Å²) in [6, 6.07) is 7.93. The SMILES string of the molecule is CC(C(=O)N(C)CCN(C)C)C1CCC2(C)Cc3sc(NC(=O)CS(=O)(=O)c4ccccc4)nc3C(C)C2C1O. The number of likely N-dealkylation sites (N-methyl/N-ethyl adjacent to an activating group) is 2. The van der Waals surface area contributed by atoms with E-state index in [4.69, 9.17) is 4.98 Å². The Hall–Kier alpha value is -2.34. The largest absolute Gasteiger partial charge is 0.392 e. The molecule has 0 radical (unpaired) electrons. The maximum Gasteiger partial charge on any atom is 0.241 e. The van der Waals surface area contributed by atoms with Crippen molar-refractivity contribution in [2.75, 3.05) is 45.3 Å². The number of fused-ring (bicyclic) bond motifs is 2. The van der Waals surface area contributed by atoms with Crippen molar-refractivity contribution in [1.82, 2.24) is 14.8 Å². The molecular weight excluding hydrogens is 548 g/mol. The highest BCUT2D eigenvalue weighted by molar-refractivity contribution is 7.92. The number of amides is 2. The molecule has 0 spiro atoms. The van der Waals surface area contributed by atoms with E-state index < -0.39 is 27.6 Å². The number of aromatic nitrogens is 1. The van der Waals surface area contributed by atoms with Crippen LogP contribution < -0.4 is 5.32 Å². The molecule has 2 aliphatic rings. The lowest BCUT2D eigenvalue weighted by Gasteiger charge is -2.53. The van der Waals surface area contributed by atoms with Crippen LogP contribution in [0.3, 0.4) is 0 Å². The van der Waals surface area contributed by atoms with Crippen molar-refractivity contribution in [2.45, 2.75) is 57.0 Å². The fourth-order valence-corrected chi connectivity index (χ4v) is 9.07. The molecule has 40 heavy (non-hydrogen) atoms. The summed E-state index contributed by atoms with van der Waals surface area (Å²) in [5.41, 5.74) is 0.683. The number of hydrogen-bond donors (Lipinski definition) is 2. The van der Waals surface area contributed by atoms with Gasteiger partial charge in [0.2, 0.25) is 11.8 Å². The number of carbonyl (C=O) groups excluding carboxylic acids is 2. The minimum Gasteiger partial charge on any atom is -0.392 e. The van der Waals surface area contributed by atoms with Gasteiger partial charge in [-0.2, -0.15) is 0 Å².